The van der Waals surface area contributed by atoms with Gasteiger partial charge in [-0.25, -0.2) is 9.97 Å². The highest BCUT2D eigenvalue weighted by Crippen LogP contribution is 2.47. The molecule has 0 saturated carbocycles. The molecule has 9 nitrogen and oxygen atoms in total. The lowest BCUT2D eigenvalue weighted by molar-refractivity contribution is -0.0470. The molecule has 4 rings (SSSR count). The van der Waals surface area contributed by atoms with Crippen LogP contribution in [0.3, 0.4) is 0 Å². The molecule has 0 radical (unpaired) electrons. The van der Waals surface area contributed by atoms with Gasteiger partial charge in [-0.05, 0) is 65.8 Å². The van der Waals surface area contributed by atoms with E-state index in [1.54, 1.807) is 24.8 Å². The van der Waals surface area contributed by atoms with Crippen molar-refractivity contribution in [2.45, 2.75) is 141 Å². The Morgan fingerprint density at radius 2 is 1.39 bits per heavy atom. The van der Waals surface area contributed by atoms with Crippen LogP contribution in [0.25, 0.3) is 22.6 Å². The Morgan fingerprint density at radius 1 is 0.826 bits per heavy atom. The predicted octanol–water partition coefficient (Wildman–Crippen LogP) is 9.26. The molecule has 1 fully saturated rings. The first kappa shape index (κ1) is 37.4. The molecule has 4 heterocycles. The van der Waals surface area contributed by atoms with Crippen LogP contribution in [0.2, 0.25) is 54.4 Å². The molecule has 0 unspecified atom stereocenters. The van der Waals surface area contributed by atoms with Gasteiger partial charge in [0.2, 0.25) is 5.88 Å². The topological polar surface area (TPSA) is 89.8 Å². The highest BCUT2D eigenvalue weighted by atomic mass is 32.1. The van der Waals surface area contributed by atoms with Gasteiger partial charge in [0.1, 0.15) is 18.3 Å². The summed E-state index contributed by atoms with van der Waals surface area (Å²) < 4.78 is 36.3. The fourth-order valence-electron chi connectivity index (χ4n) is 4.61. The number of hydrogen-bond donors (Lipinski definition) is 0. The second kappa shape index (κ2) is 12.8. The smallest absolute Gasteiger partial charge is 0.245 e. The molecule has 0 spiro atoms. The van der Waals surface area contributed by atoms with Crippen molar-refractivity contribution in [3.63, 3.8) is 0 Å². The van der Waals surface area contributed by atoms with Crippen LogP contribution >= 0.6 is 11.3 Å². The average molecular weight is 707 g/mol. The van der Waals surface area contributed by atoms with E-state index in [1.165, 1.54) is 0 Å². The van der Waals surface area contributed by atoms with Crippen LogP contribution < -0.4 is 4.74 Å². The Morgan fingerprint density at radius 3 is 1.89 bits per heavy atom. The Balaban J connectivity index is 1.89. The van der Waals surface area contributed by atoms with Gasteiger partial charge in [-0.2, -0.15) is 16.3 Å². The summed E-state index contributed by atoms with van der Waals surface area (Å²) in [6, 6.07) is 2.01. The van der Waals surface area contributed by atoms with Crippen LogP contribution in [0, 0.1) is 0 Å². The zero-order chi connectivity index (χ0) is 34.7. The maximum Gasteiger partial charge on any atom is 0.245 e. The molecule has 1 aliphatic rings. The van der Waals surface area contributed by atoms with Crippen molar-refractivity contribution in [2.24, 2.45) is 0 Å². The Hall–Kier alpha value is -1.46. The summed E-state index contributed by atoms with van der Waals surface area (Å²) in [5.41, 5.74) is 2.15. The SMILES string of the molecule is COc1nc(-c2ccsc2)nc2c1ncn2[C@@H]1O[C@H](CO[Si](C)(C)C(C)(C)C)[C@@H](O[Si](C)(C)C(C)(C)C)[C@H]1O[Si](C)(C)C(C)(C)C. The van der Waals surface area contributed by atoms with Crippen molar-refractivity contribution < 1.29 is 22.8 Å². The molecule has 1 aliphatic heterocycles. The number of methoxy groups -OCH3 is 1. The molecular weight excluding hydrogens is 649 g/mol. The molecule has 13 heteroatoms. The zero-order valence-corrected chi connectivity index (χ0v) is 34.9. The van der Waals surface area contributed by atoms with Crippen molar-refractivity contribution in [1.82, 2.24) is 19.5 Å². The standard InChI is InChI=1S/C33H58N4O5SSi3/c1-31(2,3)44(11,12)39-19-23-25(41-45(13,14)32(4,5)6)26(42-46(15,16)33(7,8)9)30(40-23)37-21-34-24-28(37)35-27(36-29(24)38-10)22-17-18-43-20-22/h17-18,20-21,23,25-26,30H,19H2,1-16H3/t23-,25-,26-,30-/m1/s1. The summed E-state index contributed by atoms with van der Waals surface area (Å²) in [6.45, 7) is 34.6. The normalized spacial score (nSPS) is 22.2. The monoisotopic (exact) mass is 706 g/mol. The van der Waals surface area contributed by atoms with E-state index in [2.05, 4.69) is 102 Å². The number of thiophene rings is 1. The van der Waals surface area contributed by atoms with Gasteiger partial charge >= 0.3 is 0 Å². The van der Waals surface area contributed by atoms with Crippen LogP contribution in [0.1, 0.15) is 68.5 Å². The second-order valence-corrected chi connectivity index (χ2v) is 32.3. The third-order valence-corrected chi connectivity index (χ3v) is 24.9. The van der Waals surface area contributed by atoms with Crippen LogP contribution in [0.5, 0.6) is 5.88 Å². The maximum atomic E-state index is 7.35. The Kier molecular flexibility index (Phi) is 10.4. The van der Waals surface area contributed by atoms with Gasteiger partial charge in [-0.1, -0.05) is 62.3 Å². The number of imidazole rings is 1. The van der Waals surface area contributed by atoms with E-state index < -0.39 is 37.3 Å². The minimum Gasteiger partial charge on any atom is -0.479 e. The van der Waals surface area contributed by atoms with Crippen molar-refractivity contribution in [2.75, 3.05) is 13.7 Å². The summed E-state index contributed by atoms with van der Waals surface area (Å²) >= 11 is 1.60. The lowest BCUT2D eigenvalue weighted by Gasteiger charge is -2.44. The lowest BCUT2D eigenvalue weighted by atomic mass is 10.1. The molecule has 0 amide bonds. The average Bonchev–Trinajstić information content (AvgIpc) is 3.65. The summed E-state index contributed by atoms with van der Waals surface area (Å²) in [7, 11) is -5.06. The predicted molar refractivity (Wildman–Crippen MR) is 196 cm³/mol. The number of aromatic nitrogens is 4. The fraction of sp³-hybridized carbons (Fsp3) is 0.727. The Labute approximate surface area is 284 Å². The maximum absolute atomic E-state index is 7.35. The number of rotatable bonds is 10. The zero-order valence-electron chi connectivity index (χ0n) is 31.1. The molecule has 0 N–H and O–H groups in total. The highest BCUT2D eigenvalue weighted by molar-refractivity contribution is 7.08. The van der Waals surface area contributed by atoms with Crippen LogP contribution in [0.15, 0.2) is 23.2 Å². The van der Waals surface area contributed by atoms with E-state index in [1.807, 2.05) is 21.4 Å². The third kappa shape index (κ3) is 7.41. The molecule has 0 aliphatic carbocycles. The van der Waals surface area contributed by atoms with Crippen LogP contribution in [-0.2, 0) is 18.0 Å². The van der Waals surface area contributed by atoms with E-state index in [4.69, 9.17) is 37.7 Å². The van der Waals surface area contributed by atoms with E-state index in [0.717, 1.165) is 5.56 Å². The molecule has 0 aromatic carbocycles. The minimum atomic E-state index is -2.31. The number of hydrogen-bond acceptors (Lipinski definition) is 9. The van der Waals surface area contributed by atoms with Gasteiger partial charge < -0.3 is 22.8 Å². The van der Waals surface area contributed by atoms with E-state index in [0.29, 0.717) is 29.5 Å². The molecule has 3 aromatic rings. The summed E-state index contributed by atoms with van der Waals surface area (Å²) in [5.74, 6) is 1.01. The first-order valence-corrected chi connectivity index (χ1v) is 26.0. The van der Waals surface area contributed by atoms with Crippen molar-refractivity contribution in [1.29, 1.82) is 0 Å². The minimum absolute atomic E-state index is 0.00478. The van der Waals surface area contributed by atoms with Gasteiger partial charge in [0.25, 0.3) is 0 Å². The largest absolute Gasteiger partial charge is 0.479 e. The van der Waals surface area contributed by atoms with Gasteiger partial charge in [0, 0.05) is 10.9 Å². The van der Waals surface area contributed by atoms with E-state index in [-0.39, 0.29) is 27.3 Å². The molecular formula is C33H58N4O5SSi3. The van der Waals surface area contributed by atoms with Gasteiger partial charge in [-0.3, -0.25) is 4.57 Å². The van der Waals surface area contributed by atoms with Crippen molar-refractivity contribution in [3.8, 4) is 17.3 Å². The van der Waals surface area contributed by atoms with Gasteiger partial charge in [-0.15, -0.1) is 0 Å². The fourth-order valence-corrected chi connectivity index (χ4v) is 8.87. The molecule has 46 heavy (non-hydrogen) atoms. The summed E-state index contributed by atoms with van der Waals surface area (Å²) in [5, 5.41) is 4.09. The van der Waals surface area contributed by atoms with Gasteiger partial charge in [0.15, 0.2) is 48.2 Å². The first-order valence-electron chi connectivity index (χ1n) is 16.4. The molecule has 4 atom stereocenters. The van der Waals surface area contributed by atoms with Crippen LogP contribution in [-0.4, -0.2) is 76.5 Å². The van der Waals surface area contributed by atoms with E-state index >= 15 is 0 Å². The first-order chi connectivity index (χ1) is 20.9. The quantitative estimate of drug-likeness (QED) is 0.193. The molecule has 3 aromatic heterocycles. The number of ether oxygens (including phenoxy) is 2. The number of nitrogens with zero attached hydrogens (tertiary/aromatic N) is 4. The van der Waals surface area contributed by atoms with Crippen molar-refractivity contribution >= 4 is 47.5 Å². The summed E-state index contributed by atoms with van der Waals surface area (Å²) in [4.78, 5) is 14.5. The van der Waals surface area contributed by atoms with Gasteiger partial charge in [0.05, 0.1) is 20.0 Å². The second-order valence-electron chi connectivity index (χ2n) is 17.2. The van der Waals surface area contributed by atoms with Crippen molar-refractivity contribution in [3.05, 3.63) is 23.2 Å². The lowest BCUT2D eigenvalue weighted by Crippen LogP contribution is -2.54. The van der Waals surface area contributed by atoms with Crippen LogP contribution in [0.4, 0.5) is 0 Å². The number of fused-ring (bicyclic) bond motifs is 1. The summed E-state index contributed by atoms with van der Waals surface area (Å²) in [6.07, 6.45) is 0.137. The third-order valence-electron chi connectivity index (χ3n) is 10.8. The molecule has 1 saturated heterocycles. The Bertz CT molecular complexity index is 1490. The molecule has 0 bridgehead atoms. The molecule has 258 valence electrons. The highest BCUT2D eigenvalue weighted by Gasteiger charge is 2.55. The van der Waals surface area contributed by atoms with E-state index in [9.17, 15) is 0 Å².